The van der Waals surface area contributed by atoms with E-state index in [1.165, 1.54) is 13.2 Å². The van der Waals surface area contributed by atoms with Crippen LogP contribution >= 0.6 is 0 Å². The molecule has 13 heteroatoms. The van der Waals surface area contributed by atoms with Crippen LogP contribution in [0.3, 0.4) is 0 Å². The van der Waals surface area contributed by atoms with E-state index < -0.39 is 24.3 Å². The van der Waals surface area contributed by atoms with Crippen LogP contribution in [0.25, 0.3) is 56.2 Å². The number of likely N-dealkylation sites (tertiary alicyclic amines) is 2. The summed E-state index contributed by atoms with van der Waals surface area (Å²) in [5.41, 5.74) is 6.12. The van der Waals surface area contributed by atoms with Crippen molar-refractivity contribution < 1.29 is 40.7 Å². The fraction of sp³-hybridized carbons (Fsp3) is 0.341. The van der Waals surface area contributed by atoms with Crippen LogP contribution in [0.1, 0.15) is 47.9 Å². The molecule has 0 radical (unpaired) electrons. The third kappa shape index (κ3) is 6.59. The van der Waals surface area contributed by atoms with Crippen LogP contribution in [0.2, 0.25) is 0 Å². The smallest absolute Gasteiger partial charge is 0.387 e. The molecule has 8 rings (SSSR count). The van der Waals surface area contributed by atoms with E-state index in [1.54, 1.807) is 12.1 Å². The molecule has 0 spiro atoms. The molecule has 9 nitrogen and oxygen atoms in total. The minimum Gasteiger partial charge on any atom is -0.468 e. The lowest BCUT2D eigenvalue weighted by atomic mass is 9.91. The summed E-state index contributed by atoms with van der Waals surface area (Å²) in [6.07, 6.45) is 3.45. The largest absolute Gasteiger partial charge is 0.468 e. The zero-order valence-electron chi connectivity index (χ0n) is 30.1. The van der Waals surface area contributed by atoms with E-state index >= 15 is 8.78 Å². The quantitative estimate of drug-likeness (QED) is 0.101. The van der Waals surface area contributed by atoms with Crippen molar-refractivity contribution in [3.05, 3.63) is 88.5 Å². The number of carbonyl (C=O) groups excluding carboxylic acids is 1. The molecular weight excluding hydrogens is 704 g/mol. The van der Waals surface area contributed by atoms with Gasteiger partial charge in [-0.3, -0.25) is 14.6 Å². The van der Waals surface area contributed by atoms with Gasteiger partial charge in [-0.15, -0.1) is 0 Å². The summed E-state index contributed by atoms with van der Waals surface area (Å²) < 4.78 is 79.4. The maximum Gasteiger partial charge on any atom is 0.387 e. The summed E-state index contributed by atoms with van der Waals surface area (Å²) >= 11 is 0. The summed E-state index contributed by atoms with van der Waals surface area (Å²) in [5.74, 6) is -1.92. The monoisotopic (exact) mass is 742 g/mol. The molecule has 1 atom stereocenters. The first-order chi connectivity index (χ1) is 26.1. The van der Waals surface area contributed by atoms with E-state index in [9.17, 15) is 13.6 Å². The van der Waals surface area contributed by atoms with Gasteiger partial charge in [0.1, 0.15) is 22.8 Å². The second-order valence-corrected chi connectivity index (χ2v) is 13.9. The van der Waals surface area contributed by atoms with E-state index in [-0.39, 0.29) is 52.3 Å². The summed E-state index contributed by atoms with van der Waals surface area (Å²) in [4.78, 5) is 25.7. The number of aromatic nitrogens is 2. The first kappa shape index (κ1) is 35.7. The Kier molecular flexibility index (Phi) is 9.61. The number of rotatable bonds is 10. The molecule has 2 aliphatic heterocycles. The number of esters is 1. The zero-order valence-corrected chi connectivity index (χ0v) is 30.1. The Labute approximate surface area is 308 Å². The van der Waals surface area contributed by atoms with Gasteiger partial charge >= 0.3 is 12.6 Å². The number of fused-ring (bicyclic) bond motifs is 2. The van der Waals surface area contributed by atoms with Gasteiger partial charge < -0.3 is 18.3 Å². The molecule has 6 aromatic rings. The molecule has 2 saturated heterocycles. The highest BCUT2D eigenvalue weighted by Crippen LogP contribution is 2.39. The molecule has 0 bridgehead atoms. The summed E-state index contributed by atoms with van der Waals surface area (Å²) in [6, 6.07) is 15.5. The predicted molar refractivity (Wildman–Crippen MR) is 194 cm³/mol. The highest BCUT2D eigenvalue weighted by molar-refractivity contribution is 5.85. The van der Waals surface area contributed by atoms with Crippen molar-refractivity contribution in [3.8, 4) is 39.8 Å². The first-order valence-corrected chi connectivity index (χ1v) is 18.0. The second kappa shape index (κ2) is 14.5. The number of ether oxygens (including phenoxy) is 2. The van der Waals surface area contributed by atoms with Crippen molar-refractivity contribution in [1.29, 1.82) is 0 Å². The van der Waals surface area contributed by atoms with Crippen LogP contribution in [0.5, 0.6) is 5.75 Å². The molecule has 0 saturated carbocycles. The number of alkyl halides is 2. The van der Waals surface area contributed by atoms with Crippen LogP contribution in [-0.4, -0.2) is 65.1 Å². The SMILES string of the molecule is COC(=O)[C@@H]1CCCN1Cc1cc2nc(-c3cccc(-c4cccc(-c5nc6cc(CN7CCCC7)c(F)c(F)c6o5)c4C)c3C)oc2cc1OC(F)F. The molecule has 54 heavy (non-hydrogen) atoms. The van der Waals surface area contributed by atoms with Crippen LogP contribution in [0, 0.1) is 25.5 Å². The van der Waals surface area contributed by atoms with Gasteiger partial charge in [-0.1, -0.05) is 24.3 Å². The van der Waals surface area contributed by atoms with Crippen LogP contribution < -0.4 is 4.74 Å². The van der Waals surface area contributed by atoms with Gasteiger partial charge in [-0.25, -0.2) is 14.4 Å². The van der Waals surface area contributed by atoms with Crippen LogP contribution in [-0.2, 0) is 22.6 Å². The molecule has 2 fully saturated rings. The topological polar surface area (TPSA) is 94.1 Å². The van der Waals surface area contributed by atoms with Gasteiger partial charge in [0.25, 0.3) is 0 Å². The van der Waals surface area contributed by atoms with Crippen LogP contribution in [0.4, 0.5) is 17.6 Å². The van der Waals surface area contributed by atoms with E-state index in [0.717, 1.165) is 54.6 Å². The number of hydrogen-bond donors (Lipinski definition) is 0. The number of benzene rings is 4. The van der Waals surface area contributed by atoms with E-state index in [2.05, 4.69) is 9.88 Å². The van der Waals surface area contributed by atoms with Gasteiger partial charge in [0.05, 0.1) is 7.11 Å². The van der Waals surface area contributed by atoms with Crippen molar-refractivity contribution in [3.63, 3.8) is 0 Å². The summed E-state index contributed by atoms with van der Waals surface area (Å²) in [5, 5.41) is 0. The van der Waals surface area contributed by atoms with Crippen molar-refractivity contribution in [2.45, 2.75) is 65.3 Å². The predicted octanol–water partition coefficient (Wildman–Crippen LogP) is 9.20. The fourth-order valence-electron chi connectivity index (χ4n) is 7.87. The van der Waals surface area contributed by atoms with Gasteiger partial charge in [0.15, 0.2) is 17.0 Å². The Morgan fingerprint density at radius 2 is 1.44 bits per heavy atom. The molecule has 0 unspecified atom stereocenters. The molecular formula is C41H38F4N4O5. The lowest BCUT2D eigenvalue weighted by molar-refractivity contribution is -0.146. The normalized spacial score (nSPS) is 16.7. The second-order valence-electron chi connectivity index (χ2n) is 13.9. The van der Waals surface area contributed by atoms with E-state index in [0.29, 0.717) is 41.7 Å². The number of carbonyl (C=O) groups is 1. The highest BCUT2D eigenvalue weighted by atomic mass is 19.3. The summed E-state index contributed by atoms with van der Waals surface area (Å²) in [6.45, 7) is 3.57. The molecule has 4 heterocycles. The maximum absolute atomic E-state index is 15.3. The highest BCUT2D eigenvalue weighted by Gasteiger charge is 2.32. The van der Waals surface area contributed by atoms with Crippen LogP contribution in [0.15, 0.2) is 63.4 Å². The van der Waals surface area contributed by atoms with Gasteiger partial charge in [0, 0.05) is 41.4 Å². The molecule has 0 N–H and O–H groups in total. The zero-order chi connectivity index (χ0) is 37.7. The standard InChI is InChI=1S/C41H38F4N4O5/c1-22-26(27-10-7-12-29(23(27)2)39-47-31-18-25(20-48-14-4-5-15-48)35(42)36(43)37(31)54-39)9-6-11-28(22)38-46-30-17-24(33(53-41(44)45)19-34(30)52-38)21-49-16-8-13-32(49)40(50)51-3/h6-7,9-12,17-19,32,41H,4-5,8,13-16,20-21H2,1-3H3/t32-/m0/s1. The van der Waals surface area contributed by atoms with Gasteiger partial charge in [0.2, 0.25) is 17.6 Å². The third-order valence-electron chi connectivity index (χ3n) is 10.6. The maximum atomic E-state index is 15.3. The lowest BCUT2D eigenvalue weighted by Gasteiger charge is -2.23. The molecule has 2 aromatic heterocycles. The Balaban J connectivity index is 1.13. The average Bonchev–Trinajstić information content (AvgIpc) is 3.98. The Hall–Kier alpha value is -5.27. The third-order valence-corrected chi connectivity index (χ3v) is 10.6. The molecule has 0 aliphatic carbocycles. The van der Waals surface area contributed by atoms with Crippen molar-refractivity contribution >= 4 is 28.2 Å². The minimum atomic E-state index is -3.07. The minimum absolute atomic E-state index is 0.0572. The van der Waals surface area contributed by atoms with Gasteiger partial charge in [-0.05, 0) is 106 Å². The van der Waals surface area contributed by atoms with Crippen molar-refractivity contribution in [1.82, 2.24) is 19.8 Å². The van der Waals surface area contributed by atoms with E-state index in [4.69, 9.17) is 23.3 Å². The number of oxazole rings is 2. The number of nitrogens with zero attached hydrogens (tertiary/aromatic N) is 4. The van der Waals surface area contributed by atoms with Crippen molar-refractivity contribution in [2.75, 3.05) is 26.7 Å². The number of halogens is 4. The number of methoxy groups -OCH3 is 1. The Bertz CT molecular complexity index is 2390. The average molecular weight is 743 g/mol. The number of hydrogen-bond acceptors (Lipinski definition) is 9. The first-order valence-electron chi connectivity index (χ1n) is 18.0. The summed E-state index contributed by atoms with van der Waals surface area (Å²) in [7, 11) is 1.33. The van der Waals surface area contributed by atoms with E-state index in [1.807, 2.05) is 55.1 Å². The fourth-order valence-corrected chi connectivity index (χ4v) is 7.87. The lowest BCUT2D eigenvalue weighted by Crippen LogP contribution is -2.36. The Morgan fingerprint density at radius 1 is 0.815 bits per heavy atom. The molecule has 280 valence electrons. The molecule has 2 aliphatic rings. The van der Waals surface area contributed by atoms with Gasteiger partial charge in [-0.2, -0.15) is 13.2 Å². The Morgan fingerprint density at radius 3 is 2.11 bits per heavy atom. The molecule has 4 aromatic carbocycles. The molecule has 0 amide bonds. The van der Waals surface area contributed by atoms with Crippen molar-refractivity contribution in [2.24, 2.45) is 0 Å².